The molecule has 2 rings (SSSR count). The fourth-order valence-electron chi connectivity index (χ4n) is 1.34. The lowest BCUT2D eigenvalue weighted by atomic mass is 10.3. The fraction of sp³-hybridized carbons (Fsp3) is 0.125. The molecule has 100 valence electrons. The van der Waals surface area contributed by atoms with Gasteiger partial charge in [-0.3, -0.25) is 10.9 Å². The minimum Gasteiger partial charge on any atom is -0.378 e. The molecular formula is C8H11N9O2. The molecule has 0 fully saturated rings. The summed E-state index contributed by atoms with van der Waals surface area (Å²) < 4.78 is 5.81. The summed E-state index contributed by atoms with van der Waals surface area (Å²) in [6.07, 6.45) is 0. The van der Waals surface area contributed by atoms with Crippen LogP contribution < -0.4 is 22.3 Å². The van der Waals surface area contributed by atoms with Crippen LogP contribution in [0.5, 0.6) is 0 Å². The van der Waals surface area contributed by atoms with Crippen molar-refractivity contribution in [1.29, 1.82) is 0 Å². The lowest BCUT2D eigenvalue weighted by molar-refractivity contribution is 0.247. The molecule has 2 heterocycles. The van der Waals surface area contributed by atoms with E-state index in [0.29, 0.717) is 17.1 Å². The van der Waals surface area contributed by atoms with Crippen molar-refractivity contribution < 1.29 is 9.42 Å². The molecule has 0 saturated heterocycles. The van der Waals surface area contributed by atoms with Crippen molar-refractivity contribution in [2.24, 2.45) is 5.73 Å². The lowest BCUT2D eigenvalue weighted by Crippen LogP contribution is -2.39. The van der Waals surface area contributed by atoms with E-state index in [0.717, 1.165) is 0 Å². The average Bonchev–Trinajstić information content (AvgIpc) is 2.92. The fourth-order valence-corrected chi connectivity index (χ4v) is 1.34. The van der Waals surface area contributed by atoms with E-state index >= 15 is 0 Å². The third kappa shape index (κ3) is 2.29. The zero-order valence-corrected chi connectivity index (χ0v) is 9.91. The number of hydrogen-bond acceptors (Lipinski definition) is 8. The molecule has 0 aliphatic rings. The third-order valence-electron chi connectivity index (χ3n) is 2.21. The van der Waals surface area contributed by atoms with Crippen LogP contribution in [0.4, 0.5) is 10.6 Å². The predicted octanol–water partition coefficient (Wildman–Crippen LogP) is -1.32. The second-order valence-electron chi connectivity index (χ2n) is 3.50. The quantitative estimate of drug-likeness (QED) is 0.494. The number of nitrogens with one attached hydrogen (secondary N) is 2. The molecule has 0 saturated carbocycles. The molecule has 0 spiro atoms. The molecule has 0 bridgehead atoms. The summed E-state index contributed by atoms with van der Waals surface area (Å²) in [6, 6.07) is -0.754. The van der Waals surface area contributed by atoms with Crippen LogP contribution in [0.2, 0.25) is 0 Å². The number of carbonyl (C=O) groups excluding carboxylic acids is 1. The Balaban J connectivity index is 2.26. The van der Waals surface area contributed by atoms with Gasteiger partial charge < -0.3 is 11.5 Å². The Morgan fingerprint density at radius 1 is 1.42 bits per heavy atom. The summed E-state index contributed by atoms with van der Waals surface area (Å²) in [5, 5.41) is 14.8. The smallest absolute Gasteiger partial charge is 0.330 e. The van der Waals surface area contributed by atoms with Gasteiger partial charge in [0.15, 0.2) is 0 Å². The summed E-state index contributed by atoms with van der Waals surface area (Å²) >= 11 is 0. The Morgan fingerprint density at radius 2 is 2.16 bits per heavy atom. The van der Waals surface area contributed by atoms with Crippen LogP contribution in [0.25, 0.3) is 11.5 Å². The number of nitrogen functional groups attached to an aromatic ring is 1. The largest absolute Gasteiger partial charge is 0.378 e. The van der Waals surface area contributed by atoms with E-state index in [2.05, 4.69) is 42.7 Å². The number of carbonyl (C=O) groups is 1. The molecule has 0 aromatic carbocycles. The van der Waals surface area contributed by atoms with Gasteiger partial charge in [-0.1, -0.05) is 11.8 Å². The molecule has 2 amide bonds. The van der Waals surface area contributed by atoms with E-state index in [4.69, 9.17) is 11.5 Å². The van der Waals surface area contributed by atoms with Gasteiger partial charge in [-0.2, -0.15) is 4.68 Å². The molecule has 0 atom stereocenters. The van der Waals surface area contributed by atoms with E-state index < -0.39 is 6.03 Å². The number of nitrogens with zero attached hydrogens (tertiary/aromatic N) is 5. The van der Waals surface area contributed by atoms with Crippen LogP contribution >= 0.6 is 0 Å². The first-order chi connectivity index (χ1) is 9.00. The maximum Gasteiger partial charge on any atom is 0.330 e. The van der Waals surface area contributed by atoms with Crippen molar-refractivity contribution in [2.45, 2.75) is 6.92 Å². The lowest BCUT2D eigenvalue weighted by Gasteiger charge is -2.07. The van der Waals surface area contributed by atoms with Crippen LogP contribution in [-0.4, -0.2) is 31.3 Å². The summed E-state index contributed by atoms with van der Waals surface area (Å²) in [5.41, 5.74) is 16.4. The zero-order chi connectivity index (χ0) is 14.0. The highest BCUT2D eigenvalue weighted by Crippen LogP contribution is 2.17. The van der Waals surface area contributed by atoms with E-state index in [1.54, 1.807) is 6.92 Å². The second-order valence-corrected chi connectivity index (χ2v) is 3.50. The summed E-state index contributed by atoms with van der Waals surface area (Å²) in [5.74, 6) is 0.292. The number of primary amides is 1. The van der Waals surface area contributed by atoms with Gasteiger partial charge in [-0.15, -0.1) is 5.10 Å². The normalized spacial score (nSPS) is 10.2. The first kappa shape index (κ1) is 12.3. The summed E-state index contributed by atoms with van der Waals surface area (Å²) in [7, 11) is 0. The predicted molar refractivity (Wildman–Crippen MR) is 63.3 cm³/mol. The Morgan fingerprint density at radius 3 is 2.74 bits per heavy atom. The Bertz CT molecular complexity index is 628. The van der Waals surface area contributed by atoms with Crippen LogP contribution in [-0.2, 0) is 0 Å². The first-order valence-electron chi connectivity index (χ1n) is 5.02. The highest BCUT2D eigenvalue weighted by atomic mass is 16.6. The van der Waals surface area contributed by atoms with Crippen molar-refractivity contribution in [3.63, 3.8) is 0 Å². The van der Waals surface area contributed by atoms with Gasteiger partial charge in [-0.05, 0) is 17.2 Å². The van der Waals surface area contributed by atoms with Crippen LogP contribution in [0.1, 0.15) is 11.4 Å². The van der Waals surface area contributed by atoms with Crippen LogP contribution in [0.15, 0.2) is 11.2 Å². The molecule has 19 heavy (non-hydrogen) atoms. The molecule has 6 N–H and O–H groups in total. The van der Waals surface area contributed by atoms with Crippen LogP contribution in [0, 0.1) is 6.92 Å². The molecule has 0 radical (unpaired) electrons. The highest BCUT2D eigenvalue weighted by Gasteiger charge is 2.17. The number of hydrazine groups is 1. The number of anilines is 1. The van der Waals surface area contributed by atoms with Crippen molar-refractivity contribution in [1.82, 2.24) is 36.2 Å². The van der Waals surface area contributed by atoms with Crippen molar-refractivity contribution in [2.75, 3.05) is 5.73 Å². The Labute approximate surface area is 106 Å². The minimum atomic E-state index is -0.754. The number of amides is 2. The van der Waals surface area contributed by atoms with Crippen molar-refractivity contribution >= 4 is 17.5 Å². The second kappa shape index (κ2) is 4.64. The van der Waals surface area contributed by atoms with Gasteiger partial charge in [0.25, 0.3) is 0 Å². The maximum absolute atomic E-state index is 10.6. The van der Waals surface area contributed by atoms with Crippen molar-refractivity contribution in [3.8, 4) is 5.82 Å². The monoisotopic (exact) mass is 265 g/mol. The Kier molecular flexibility index (Phi) is 3.01. The van der Waals surface area contributed by atoms with Gasteiger partial charge in [0.2, 0.25) is 11.6 Å². The highest BCUT2D eigenvalue weighted by molar-refractivity contribution is 5.73. The molecule has 11 heteroatoms. The number of rotatable bonds is 4. The van der Waals surface area contributed by atoms with Crippen molar-refractivity contribution in [3.05, 3.63) is 18.0 Å². The standard InChI is InChI=1S/C8H11N9O2/c1-3(11-13-8(10)18)5-4(2)17(16-12-5)7-6(9)14-19-15-7/h11H,1H2,2H3,(H2,9,14)(H3,10,13,18). The van der Waals surface area contributed by atoms with Gasteiger partial charge in [-0.25, -0.2) is 9.42 Å². The minimum absolute atomic E-state index is 0.0772. The molecule has 2 aromatic heterocycles. The number of hydrogen-bond donors (Lipinski definition) is 4. The maximum atomic E-state index is 10.6. The molecule has 0 aliphatic carbocycles. The summed E-state index contributed by atoms with van der Waals surface area (Å²) in [6.45, 7) is 5.40. The SMILES string of the molecule is C=C(NNC(N)=O)c1nnn(-c2nonc2N)c1C. The Hall–Kier alpha value is -3.11. The molecular weight excluding hydrogens is 254 g/mol. The molecule has 11 nitrogen and oxygen atoms in total. The number of urea groups is 1. The van der Waals surface area contributed by atoms with E-state index in [9.17, 15) is 4.79 Å². The number of aromatic nitrogens is 5. The van der Waals surface area contributed by atoms with E-state index in [-0.39, 0.29) is 11.6 Å². The molecule has 0 aliphatic heterocycles. The zero-order valence-electron chi connectivity index (χ0n) is 9.91. The van der Waals surface area contributed by atoms with Gasteiger partial charge >= 0.3 is 6.03 Å². The third-order valence-corrected chi connectivity index (χ3v) is 2.21. The first-order valence-corrected chi connectivity index (χ1v) is 5.02. The topological polar surface area (TPSA) is 163 Å². The summed E-state index contributed by atoms with van der Waals surface area (Å²) in [4.78, 5) is 10.6. The molecule has 2 aromatic rings. The van der Waals surface area contributed by atoms with E-state index in [1.807, 2.05) is 0 Å². The van der Waals surface area contributed by atoms with Gasteiger partial charge in [0.1, 0.15) is 5.69 Å². The number of nitrogens with two attached hydrogens (primary N) is 2. The van der Waals surface area contributed by atoms with Gasteiger partial charge in [0, 0.05) is 0 Å². The van der Waals surface area contributed by atoms with Gasteiger partial charge in [0.05, 0.1) is 11.4 Å². The molecule has 0 unspecified atom stereocenters. The van der Waals surface area contributed by atoms with E-state index in [1.165, 1.54) is 4.68 Å². The van der Waals surface area contributed by atoms with Crippen LogP contribution in [0.3, 0.4) is 0 Å². The average molecular weight is 265 g/mol.